The standard InChI is InChI=1S/C18H21BrN6O3/c1-28-18(27)12-6-8-25(9-7-12)16-14(20)15(21-10-22-16)23-24-17(26)11-2-4-13(19)5-3-11/h2-5,10,12H,6-9,20H2,1H3,(H,24,26)(H,21,22,23). The lowest BCUT2D eigenvalue weighted by molar-refractivity contribution is -0.146. The van der Waals surface area contributed by atoms with E-state index in [1.807, 2.05) is 4.90 Å². The highest BCUT2D eigenvalue weighted by Crippen LogP contribution is 2.29. The van der Waals surface area contributed by atoms with Crippen LogP contribution in [0, 0.1) is 5.92 Å². The number of esters is 1. The lowest BCUT2D eigenvalue weighted by atomic mass is 9.97. The van der Waals surface area contributed by atoms with Gasteiger partial charge in [0.15, 0.2) is 11.6 Å². The van der Waals surface area contributed by atoms with E-state index in [1.165, 1.54) is 13.4 Å². The highest BCUT2D eigenvalue weighted by atomic mass is 79.9. The van der Waals surface area contributed by atoms with Gasteiger partial charge in [0.2, 0.25) is 0 Å². The molecule has 2 heterocycles. The van der Waals surface area contributed by atoms with Crippen molar-refractivity contribution in [3.63, 3.8) is 0 Å². The number of hydrogen-bond donors (Lipinski definition) is 3. The molecule has 1 aromatic carbocycles. The second kappa shape index (κ2) is 8.87. The Balaban J connectivity index is 1.64. The van der Waals surface area contributed by atoms with E-state index < -0.39 is 0 Å². The normalized spacial score (nSPS) is 14.4. The number of hydrogen-bond acceptors (Lipinski definition) is 8. The number of nitrogens with zero attached hydrogens (tertiary/aromatic N) is 3. The molecule has 0 radical (unpaired) electrons. The number of nitrogen functional groups attached to an aromatic ring is 1. The fourth-order valence-corrected chi connectivity index (χ4v) is 3.29. The van der Waals surface area contributed by atoms with Crippen LogP contribution in [-0.2, 0) is 9.53 Å². The Morgan fingerprint density at radius 3 is 2.54 bits per heavy atom. The van der Waals surface area contributed by atoms with Crippen LogP contribution in [0.4, 0.5) is 17.3 Å². The third-order valence-corrected chi connectivity index (χ3v) is 5.12. The van der Waals surface area contributed by atoms with Crippen LogP contribution >= 0.6 is 15.9 Å². The third-order valence-electron chi connectivity index (χ3n) is 4.59. The maximum absolute atomic E-state index is 12.2. The summed E-state index contributed by atoms with van der Waals surface area (Å²) in [4.78, 5) is 34.3. The lowest BCUT2D eigenvalue weighted by Gasteiger charge is -2.32. The van der Waals surface area contributed by atoms with E-state index in [0.29, 0.717) is 48.8 Å². The number of nitrogens with one attached hydrogen (secondary N) is 2. The number of methoxy groups -OCH3 is 1. The number of carbonyl (C=O) groups is 2. The first kappa shape index (κ1) is 19.9. The number of nitrogens with two attached hydrogens (primary N) is 1. The van der Waals surface area contributed by atoms with Gasteiger partial charge >= 0.3 is 5.97 Å². The van der Waals surface area contributed by atoms with E-state index in [9.17, 15) is 9.59 Å². The molecule has 0 bridgehead atoms. The number of benzene rings is 1. The van der Waals surface area contributed by atoms with Crippen LogP contribution in [0.5, 0.6) is 0 Å². The molecule has 9 nitrogen and oxygen atoms in total. The summed E-state index contributed by atoms with van der Waals surface area (Å²) in [7, 11) is 1.40. The van der Waals surface area contributed by atoms with E-state index >= 15 is 0 Å². The fourth-order valence-electron chi connectivity index (χ4n) is 3.02. The van der Waals surface area contributed by atoms with Gasteiger partial charge in [-0.3, -0.25) is 20.4 Å². The summed E-state index contributed by atoms with van der Waals surface area (Å²) >= 11 is 3.33. The van der Waals surface area contributed by atoms with Crippen LogP contribution in [0.15, 0.2) is 35.1 Å². The van der Waals surface area contributed by atoms with Gasteiger partial charge in [-0.15, -0.1) is 0 Å². The van der Waals surface area contributed by atoms with E-state index in [0.717, 1.165) is 4.47 Å². The third kappa shape index (κ3) is 4.50. The molecule has 0 unspecified atom stereocenters. The first-order chi connectivity index (χ1) is 13.5. The van der Waals surface area contributed by atoms with Crippen molar-refractivity contribution in [1.29, 1.82) is 0 Å². The smallest absolute Gasteiger partial charge is 0.308 e. The lowest BCUT2D eigenvalue weighted by Crippen LogP contribution is -2.38. The molecule has 0 spiro atoms. The van der Waals surface area contributed by atoms with E-state index in [4.69, 9.17) is 10.5 Å². The Morgan fingerprint density at radius 1 is 1.21 bits per heavy atom. The molecule has 3 rings (SSSR count). The summed E-state index contributed by atoms with van der Waals surface area (Å²) in [6.45, 7) is 1.26. The molecule has 0 saturated carbocycles. The monoisotopic (exact) mass is 448 g/mol. The van der Waals surface area contributed by atoms with E-state index in [-0.39, 0.29) is 17.8 Å². The Kier molecular flexibility index (Phi) is 6.30. The van der Waals surface area contributed by atoms with Crippen molar-refractivity contribution in [2.24, 2.45) is 5.92 Å². The zero-order valence-corrected chi connectivity index (χ0v) is 16.9. The van der Waals surface area contributed by atoms with Gasteiger partial charge in [0, 0.05) is 23.1 Å². The first-order valence-corrected chi connectivity index (χ1v) is 9.54. The average molecular weight is 449 g/mol. The molecular weight excluding hydrogens is 428 g/mol. The van der Waals surface area contributed by atoms with Gasteiger partial charge in [-0.1, -0.05) is 15.9 Å². The summed E-state index contributed by atoms with van der Waals surface area (Å²) < 4.78 is 5.70. The fraction of sp³-hybridized carbons (Fsp3) is 0.333. The Hall–Kier alpha value is -2.88. The summed E-state index contributed by atoms with van der Waals surface area (Å²) in [5.74, 6) is 0.274. The highest BCUT2D eigenvalue weighted by Gasteiger charge is 2.27. The van der Waals surface area contributed by atoms with Gasteiger partial charge in [0.05, 0.1) is 13.0 Å². The van der Waals surface area contributed by atoms with Crippen molar-refractivity contribution in [2.45, 2.75) is 12.8 Å². The Morgan fingerprint density at radius 2 is 1.89 bits per heavy atom. The number of carbonyl (C=O) groups excluding carboxylic acids is 2. The van der Waals surface area contributed by atoms with Gasteiger partial charge in [-0.05, 0) is 37.1 Å². The molecule has 0 atom stereocenters. The maximum Gasteiger partial charge on any atom is 0.308 e. The number of amides is 1. The molecule has 0 aliphatic carbocycles. The van der Waals surface area contributed by atoms with Crippen LogP contribution in [0.25, 0.3) is 0 Å². The van der Waals surface area contributed by atoms with E-state index in [1.54, 1.807) is 24.3 Å². The van der Waals surface area contributed by atoms with E-state index in [2.05, 4.69) is 36.7 Å². The minimum absolute atomic E-state index is 0.105. The number of hydrazine groups is 1. The van der Waals surface area contributed by atoms with Crippen LogP contribution in [0.3, 0.4) is 0 Å². The SMILES string of the molecule is COC(=O)C1CCN(c2ncnc(NNC(=O)c3ccc(Br)cc3)c2N)CC1. The molecule has 2 aromatic rings. The summed E-state index contributed by atoms with van der Waals surface area (Å²) in [6.07, 6.45) is 2.71. The summed E-state index contributed by atoms with van der Waals surface area (Å²) in [5, 5.41) is 0. The number of rotatable bonds is 5. The molecule has 1 aromatic heterocycles. The molecule has 148 valence electrons. The number of halogens is 1. The molecule has 1 aliphatic rings. The van der Waals surface area contributed by atoms with Crippen molar-refractivity contribution >= 4 is 45.1 Å². The molecule has 1 amide bonds. The number of ether oxygens (including phenoxy) is 1. The van der Waals surface area contributed by atoms with Crippen LogP contribution in [-0.4, -0.2) is 42.0 Å². The second-order valence-corrected chi connectivity index (χ2v) is 7.25. The van der Waals surface area contributed by atoms with Crippen molar-refractivity contribution in [3.8, 4) is 0 Å². The molecule has 1 fully saturated rings. The van der Waals surface area contributed by atoms with Crippen LogP contribution in [0.2, 0.25) is 0 Å². The average Bonchev–Trinajstić information content (AvgIpc) is 2.73. The molecular formula is C18H21BrN6O3. The second-order valence-electron chi connectivity index (χ2n) is 6.33. The molecule has 10 heteroatoms. The topological polar surface area (TPSA) is 122 Å². The quantitative estimate of drug-likeness (QED) is 0.468. The molecule has 28 heavy (non-hydrogen) atoms. The number of piperidine rings is 1. The van der Waals surface area contributed by atoms with Gasteiger partial charge in [0.1, 0.15) is 12.0 Å². The van der Waals surface area contributed by atoms with Gasteiger partial charge < -0.3 is 15.4 Å². The molecule has 1 saturated heterocycles. The first-order valence-electron chi connectivity index (χ1n) is 8.74. The number of aromatic nitrogens is 2. The van der Waals surface area contributed by atoms with Gasteiger partial charge in [0.25, 0.3) is 5.91 Å². The van der Waals surface area contributed by atoms with Gasteiger partial charge in [-0.2, -0.15) is 0 Å². The number of anilines is 3. The predicted molar refractivity (Wildman–Crippen MR) is 109 cm³/mol. The highest BCUT2D eigenvalue weighted by molar-refractivity contribution is 9.10. The zero-order valence-electron chi connectivity index (χ0n) is 15.3. The molecule has 4 N–H and O–H groups in total. The molecule has 1 aliphatic heterocycles. The van der Waals surface area contributed by atoms with Crippen molar-refractivity contribution < 1.29 is 14.3 Å². The Labute approximate surface area is 170 Å². The summed E-state index contributed by atoms with van der Waals surface area (Å²) in [6, 6.07) is 6.96. The van der Waals surface area contributed by atoms with Gasteiger partial charge in [-0.25, -0.2) is 9.97 Å². The van der Waals surface area contributed by atoms with Crippen LogP contribution < -0.4 is 21.5 Å². The van der Waals surface area contributed by atoms with Crippen molar-refractivity contribution in [3.05, 3.63) is 40.6 Å². The predicted octanol–water partition coefficient (Wildman–Crippen LogP) is 1.97. The minimum Gasteiger partial charge on any atom is -0.469 e. The zero-order chi connectivity index (χ0) is 20.1. The Bertz CT molecular complexity index is 853. The van der Waals surface area contributed by atoms with Crippen LogP contribution in [0.1, 0.15) is 23.2 Å². The summed E-state index contributed by atoms with van der Waals surface area (Å²) in [5.41, 5.74) is 12.4. The van der Waals surface area contributed by atoms with Crippen molar-refractivity contribution in [2.75, 3.05) is 36.3 Å². The maximum atomic E-state index is 12.2. The minimum atomic E-state index is -0.314. The van der Waals surface area contributed by atoms with Crippen molar-refractivity contribution in [1.82, 2.24) is 15.4 Å². The largest absolute Gasteiger partial charge is 0.469 e.